The quantitative estimate of drug-likeness (QED) is 0.856. The highest BCUT2D eigenvalue weighted by atomic mass is 16.3. The molecule has 106 valence electrons. The van der Waals surface area contributed by atoms with E-state index in [0.717, 1.165) is 16.8 Å². The number of nitrogens with one attached hydrogen (secondary N) is 1. The minimum atomic E-state index is -0.177. The van der Waals surface area contributed by atoms with Crippen LogP contribution in [0.15, 0.2) is 42.5 Å². The summed E-state index contributed by atoms with van der Waals surface area (Å²) in [6.07, 6.45) is 0. The summed E-state index contributed by atoms with van der Waals surface area (Å²) in [6.45, 7) is 7.93. The van der Waals surface area contributed by atoms with Crippen LogP contribution in [0.4, 0.5) is 5.69 Å². The van der Waals surface area contributed by atoms with Crippen LogP contribution in [0.2, 0.25) is 0 Å². The summed E-state index contributed by atoms with van der Waals surface area (Å²) in [4.78, 5) is 12.0. The average molecular weight is 271 g/mol. The van der Waals surface area contributed by atoms with Gasteiger partial charge in [-0.2, -0.15) is 0 Å². The summed E-state index contributed by atoms with van der Waals surface area (Å²) in [6, 6.07) is 12.1. The Kier molecular flexibility index (Phi) is 5.78. The molecule has 0 unspecified atom stereocenters. The molecule has 3 nitrogen and oxygen atoms in total. The first-order valence-electron chi connectivity index (χ1n) is 6.74. The normalized spacial score (nSPS) is 9.40. The Labute approximate surface area is 120 Å². The van der Waals surface area contributed by atoms with Gasteiger partial charge in [0.1, 0.15) is 5.75 Å². The van der Waals surface area contributed by atoms with E-state index >= 15 is 0 Å². The summed E-state index contributed by atoms with van der Waals surface area (Å²) in [5, 5.41) is 12.0. The Morgan fingerprint density at radius 3 is 2.20 bits per heavy atom. The Balaban J connectivity index is 0.000000956. The lowest BCUT2D eigenvalue weighted by molar-refractivity contribution is 0.102. The van der Waals surface area contributed by atoms with Crippen LogP contribution in [0.25, 0.3) is 0 Å². The van der Waals surface area contributed by atoms with Crippen LogP contribution in [-0.4, -0.2) is 11.0 Å². The number of aromatic hydroxyl groups is 1. The van der Waals surface area contributed by atoms with Crippen LogP contribution in [0.1, 0.15) is 35.3 Å². The van der Waals surface area contributed by atoms with Crippen LogP contribution in [0, 0.1) is 13.8 Å². The van der Waals surface area contributed by atoms with Gasteiger partial charge in [-0.1, -0.05) is 26.0 Å². The Morgan fingerprint density at radius 2 is 1.60 bits per heavy atom. The number of carbonyl (C=O) groups is 1. The summed E-state index contributed by atoms with van der Waals surface area (Å²) in [7, 11) is 0. The molecule has 0 bridgehead atoms. The molecule has 3 heteroatoms. The molecule has 2 aromatic carbocycles. The fraction of sp³-hybridized carbons (Fsp3) is 0.235. The fourth-order valence-corrected chi connectivity index (χ4v) is 1.68. The Hall–Kier alpha value is -2.29. The van der Waals surface area contributed by atoms with Gasteiger partial charge >= 0.3 is 0 Å². The molecule has 0 heterocycles. The van der Waals surface area contributed by atoms with Crippen LogP contribution in [0.5, 0.6) is 5.75 Å². The van der Waals surface area contributed by atoms with Gasteiger partial charge in [0, 0.05) is 11.3 Å². The van der Waals surface area contributed by atoms with Crippen molar-refractivity contribution in [3.63, 3.8) is 0 Å². The molecule has 0 aliphatic heterocycles. The van der Waals surface area contributed by atoms with Crippen molar-refractivity contribution in [2.45, 2.75) is 27.7 Å². The second kappa shape index (κ2) is 7.34. The minimum Gasteiger partial charge on any atom is -0.508 e. The summed E-state index contributed by atoms with van der Waals surface area (Å²) < 4.78 is 0. The zero-order valence-corrected chi connectivity index (χ0v) is 12.4. The SMILES string of the molecule is CC.Cc1ccc(C)c(NC(=O)c2ccc(O)cc2)c1. The van der Waals surface area contributed by atoms with Gasteiger partial charge in [0.25, 0.3) is 5.91 Å². The second-order valence-corrected chi connectivity index (χ2v) is 4.32. The first kappa shape index (κ1) is 15.8. The van der Waals surface area contributed by atoms with E-state index in [9.17, 15) is 9.90 Å². The summed E-state index contributed by atoms with van der Waals surface area (Å²) >= 11 is 0. The maximum atomic E-state index is 12.0. The predicted octanol–water partition coefficient (Wildman–Crippen LogP) is 4.29. The molecule has 2 aromatic rings. The van der Waals surface area contributed by atoms with Crippen LogP contribution in [0.3, 0.4) is 0 Å². The molecule has 20 heavy (non-hydrogen) atoms. The number of phenolic OH excluding ortho intramolecular Hbond substituents is 1. The monoisotopic (exact) mass is 271 g/mol. The topological polar surface area (TPSA) is 49.3 Å². The van der Waals surface area contributed by atoms with E-state index < -0.39 is 0 Å². The standard InChI is InChI=1S/C15H15NO2.C2H6/c1-10-3-4-11(2)14(9-10)16-15(18)12-5-7-13(17)8-6-12;1-2/h3-9,17H,1-2H3,(H,16,18);1-2H3. The van der Waals surface area contributed by atoms with Crippen LogP contribution >= 0.6 is 0 Å². The van der Waals surface area contributed by atoms with Crippen molar-refractivity contribution in [1.82, 2.24) is 0 Å². The minimum absolute atomic E-state index is 0.151. The number of amides is 1. The van der Waals surface area contributed by atoms with Crippen molar-refractivity contribution in [2.24, 2.45) is 0 Å². The number of hydrogen-bond acceptors (Lipinski definition) is 2. The molecule has 2 rings (SSSR count). The number of phenols is 1. The molecular formula is C17H21NO2. The number of benzene rings is 2. The average Bonchev–Trinajstić information content (AvgIpc) is 2.46. The van der Waals surface area contributed by atoms with E-state index in [1.54, 1.807) is 12.1 Å². The largest absolute Gasteiger partial charge is 0.508 e. The maximum Gasteiger partial charge on any atom is 0.255 e. The summed E-state index contributed by atoms with van der Waals surface area (Å²) in [5.41, 5.74) is 3.45. The molecule has 0 aliphatic rings. The van der Waals surface area contributed by atoms with Gasteiger partial charge < -0.3 is 10.4 Å². The molecular weight excluding hydrogens is 250 g/mol. The van der Waals surface area contributed by atoms with Crippen LogP contribution in [-0.2, 0) is 0 Å². The Bertz CT molecular complexity index is 574. The van der Waals surface area contributed by atoms with Crippen molar-refractivity contribution < 1.29 is 9.90 Å². The molecule has 0 aliphatic carbocycles. The lowest BCUT2D eigenvalue weighted by atomic mass is 10.1. The van der Waals surface area contributed by atoms with E-state index in [0.29, 0.717) is 5.56 Å². The highest BCUT2D eigenvalue weighted by Crippen LogP contribution is 2.18. The van der Waals surface area contributed by atoms with Gasteiger partial charge in [0.2, 0.25) is 0 Å². The lowest BCUT2D eigenvalue weighted by Crippen LogP contribution is -2.12. The highest BCUT2D eigenvalue weighted by molar-refractivity contribution is 6.04. The zero-order valence-electron chi connectivity index (χ0n) is 12.4. The van der Waals surface area contributed by atoms with Crippen LogP contribution < -0.4 is 5.32 Å². The van der Waals surface area contributed by atoms with E-state index in [1.807, 2.05) is 45.9 Å². The first-order chi connectivity index (χ1) is 9.56. The van der Waals surface area contributed by atoms with Crippen molar-refractivity contribution in [3.8, 4) is 5.75 Å². The molecule has 0 aromatic heterocycles. The summed E-state index contributed by atoms with van der Waals surface area (Å²) in [5.74, 6) is -0.0259. The van der Waals surface area contributed by atoms with Crippen molar-refractivity contribution in [1.29, 1.82) is 0 Å². The number of hydrogen-bond donors (Lipinski definition) is 2. The zero-order chi connectivity index (χ0) is 15.1. The molecule has 1 amide bonds. The third-order valence-corrected chi connectivity index (χ3v) is 2.77. The molecule has 0 saturated heterocycles. The van der Waals surface area contributed by atoms with E-state index in [-0.39, 0.29) is 11.7 Å². The third-order valence-electron chi connectivity index (χ3n) is 2.77. The van der Waals surface area contributed by atoms with Crippen molar-refractivity contribution in [2.75, 3.05) is 5.32 Å². The molecule has 0 atom stereocenters. The third kappa shape index (κ3) is 4.12. The molecule has 0 spiro atoms. The Morgan fingerprint density at radius 1 is 1.00 bits per heavy atom. The van der Waals surface area contributed by atoms with Gasteiger partial charge in [-0.3, -0.25) is 4.79 Å². The number of aryl methyl sites for hydroxylation is 2. The number of rotatable bonds is 2. The molecule has 0 saturated carbocycles. The van der Waals surface area contributed by atoms with E-state index in [2.05, 4.69) is 5.32 Å². The van der Waals surface area contributed by atoms with Gasteiger partial charge in [-0.05, 0) is 55.3 Å². The molecule has 0 fully saturated rings. The van der Waals surface area contributed by atoms with Gasteiger partial charge in [0.15, 0.2) is 0 Å². The lowest BCUT2D eigenvalue weighted by Gasteiger charge is -2.09. The van der Waals surface area contributed by atoms with Crippen molar-refractivity contribution in [3.05, 3.63) is 59.2 Å². The molecule has 2 N–H and O–H groups in total. The van der Waals surface area contributed by atoms with Crippen molar-refractivity contribution >= 4 is 11.6 Å². The van der Waals surface area contributed by atoms with Gasteiger partial charge in [0.05, 0.1) is 0 Å². The number of anilines is 1. The maximum absolute atomic E-state index is 12.0. The predicted molar refractivity (Wildman–Crippen MR) is 83.3 cm³/mol. The van der Waals surface area contributed by atoms with E-state index in [4.69, 9.17) is 0 Å². The van der Waals surface area contributed by atoms with Gasteiger partial charge in [-0.15, -0.1) is 0 Å². The highest BCUT2D eigenvalue weighted by Gasteiger charge is 2.07. The smallest absolute Gasteiger partial charge is 0.255 e. The van der Waals surface area contributed by atoms with E-state index in [1.165, 1.54) is 12.1 Å². The second-order valence-electron chi connectivity index (χ2n) is 4.32. The fourth-order valence-electron chi connectivity index (χ4n) is 1.68. The molecule has 0 radical (unpaired) electrons. The first-order valence-corrected chi connectivity index (χ1v) is 6.74. The van der Waals surface area contributed by atoms with Gasteiger partial charge in [-0.25, -0.2) is 0 Å². The number of carbonyl (C=O) groups excluding carboxylic acids is 1.